The molecule has 2 amide bonds. The summed E-state index contributed by atoms with van der Waals surface area (Å²) >= 11 is 0. The molecule has 26 heavy (non-hydrogen) atoms. The molecular weight excluding hydrogens is 339 g/mol. The molecular formula is C19H23FN2O4. The molecule has 140 valence electrons. The third-order valence-electron chi connectivity index (χ3n) is 5.44. The lowest BCUT2D eigenvalue weighted by Gasteiger charge is -2.37. The number of piperidine rings is 1. The highest BCUT2D eigenvalue weighted by Gasteiger charge is 2.41. The number of carboxylic acids is 1. The van der Waals surface area contributed by atoms with E-state index in [0.29, 0.717) is 24.1 Å². The minimum atomic E-state index is -0.888. The second-order valence-corrected chi connectivity index (χ2v) is 7.29. The standard InChI is InChI=1S/C19H23FN2O4/c1-11-7-15(5-6-16(11)20)22-10-14(8-17(22)23)18(24)21-9-13(19(25)26)4-3-12(21)2/h5-7,12-14H,3-4,8-10H2,1-2H3,(H,25,26). The summed E-state index contributed by atoms with van der Waals surface area (Å²) in [4.78, 5) is 39.7. The third-order valence-corrected chi connectivity index (χ3v) is 5.44. The van der Waals surface area contributed by atoms with Crippen LogP contribution in [-0.4, -0.2) is 46.9 Å². The first-order valence-corrected chi connectivity index (χ1v) is 8.87. The van der Waals surface area contributed by atoms with Crippen molar-refractivity contribution < 1.29 is 23.9 Å². The Hall–Kier alpha value is -2.44. The molecule has 0 bridgehead atoms. The molecule has 1 aromatic rings. The van der Waals surface area contributed by atoms with Crippen LogP contribution in [0.4, 0.5) is 10.1 Å². The fraction of sp³-hybridized carbons (Fsp3) is 0.526. The molecule has 0 saturated carbocycles. The van der Waals surface area contributed by atoms with Crippen molar-refractivity contribution in [3.63, 3.8) is 0 Å². The van der Waals surface area contributed by atoms with Gasteiger partial charge in [-0.1, -0.05) is 0 Å². The lowest BCUT2D eigenvalue weighted by molar-refractivity contribution is -0.148. The third kappa shape index (κ3) is 3.43. The zero-order valence-electron chi connectivity index (χ0n) is 14.9. The van der Waals surface area contributed by atoms with E-state index in [1.807, 2.05) is 6.92 Å². The Bertz CT molecular complexity index is 751. The summed E-state index contributed by atoms with van der Waals surface area (Å²) in [6, 6.07) is 4.42. The van der Waals surface area contributed by atoms with E-state index in [9.17, 15) is 23.9 Å². The molecule has 6 nitrogen and oxygen atoms in total. The molecule has 2 aliphatic heterocycles. The predicted octanol–water partition coefficient (Wildman–Crippen LogP) is 2.20. The first-order chi connectivity index (χ1) is 12.3. The normalized spacial score (nSPS) is 26.3. The minimum absolute atomic E-state index is 0.0321. The van der Waals surface area contributed by atoms with Crippen LogP contribution in [0.3, 0.4) is 0 Å². The van der Waals surface area contributed by atoms with Gasteiger partial charge in [0.15, 0.2) is 0 Å². The van der Waals surface area contributed by atoms with E-state index >= 15 is 0 Å². The molecule has 2 aliphatic rings. The lowest BCUT2D eigenvalue weighted by atomic mass is 9.92. The van der Waals surface area contributed by atoms with E-state index in [4.69, 9.17) is 0 Å². The van der Waals surface area contributed by atoms with Gasteiger partial charge in [-0.25, -0.2) is 4.39 Å². The van der Waals surface area contributed by atoms with E-state index in [1.54, 1.807) is 17.9 Å². The number of aryl methyl sites for hydroxylation is 1. The number of rotatable bonds is 3. The zero-order chi connectivity index (χ0) is 19.0. The summed E-state index contributed by atoms with van der Waals surface area (Å²) in [6.07, 6.45) is 1.30. The van der Waals surface area contributed by atoms with Gasteiger partial charge in [0, 0.05) is 31.2 Å². The van der Waals surface area contributed by atoms with Gasteiger partial charge in [-0.3, -0.25) is 14.4 Å². The van der Waals surface area contributed by atoms with Crippen molar-refractivity contribution >= 4 is 23.5 Å². The average Bonchev–Trinajstić information content (AvgIpc) is 2.98. The van der Waals surface area contributed by atoms with Gasteiger partial charge < -0.3 is 14.9 Å². The fourth-order valence-corrected chi connectivity index (χ4v) is 3.77. The second kappa shape index (κ2) is 7.05. The summed E-state index contributed by atoms with van der Waals surface area (Å²) in [5.41, 5.74) is 1.03. The minimum Gasteiger partial charge on any atom is -0.481 e. The molecule has 0 aromatic heterocycles. The Morgan fingerprint density at radius 3 is 2.58 bits per heavy atom. The first kappa shape index (κ1) is 18.4. The summed E-state index contributed by atoms with van der Waals surface area (Å²) in [7, 11) is 0. The monoisotopic (exact) mass is 362 g/mol. The predicted molar refractivity (Wildman–Crippen MR) is 93.1 cm³/mol. The van der Waals surface area contributed by atoms with Crippen LogP contribution < -0.4 is 4.90 Å². The Morgan fingerprint density at radius 1 is 1.19 bits per heavy atom. The van der Waals surface area contributed by atoms with Crippen molar-refractivity contribution in [3.05, 3.63) is 29.6 Å². The summed E-state index contributed by atoms with van der Waals surface area (Å²) in [6.45, 7) is 3.97. The van der Waals surface area contributed by atoms with Crippen LogP contribution in [-0.2, 0) is 14.4 Å². The zero-order valence-corrected chi connectivity index (χ0v) is 14.9. The molecule has 0 radical (unpaired) electrons. The Balaban J connectivity index is 1.74. The molecule has 2 fully saturated rings. The number of benzene rings is 1. The number of hydrogen-bond donors (Lipinski definition) is 1. The topological polar surface area (TPSA) is 77.9 Å². The van der Waals surface area contributed by atoms with E-state index in [1.165, 1.54) is 17.0 Å². The van der Waals surface area contributed by atoms with Crippen LogP contribution in [0, 0.1) is 24.6 Å². The number of carboxylic acid groups (broad SMARTS) is 1. The van der Waals surface area contributed by atoms with Gasteiger partial charge in [0.05, 0.1) is 11.8 Å². The maximum absolute atomic E-state index is 13.5. The second-order valence-electron chi connectivity index (χ2n) is 7.29. The average molecular weight is 362 g/mol. The quantitative estimate of drug-likeness (QED) is 0.894. The number of anilines is 1. The molecule has 2 saturated heterocycles. The van der Waals surface area contributed by atoms with E-state index in [-0.39, 0.29) is 43.2 Å². The van der Waals surface area contributed by atoms with Crippen molar-refractivity contribution in [2.75, 3.05) is 18.0 Å². The molecule has 3 atom stereocenters. The molecule has 0 spiro atoms. The SMILES string of the molecule is Cc1cc(N2CC(C(=O)N3CC(C(=O)O)CCC3C)CC2=O)ccc1F. The van der Waals surface area contributed by atoms with Crippen molar-refractivity contribution in [1.29, 1.82) is 0 Å². The Labute approximate surface area is 151 Å². The molecule has 2 heterocycles. The lowest BCUT2D eigenvalue weighted by Crippen LogP contribution is -2.49. The molecule has 1 N–H and O–H groups in total. The largest absolute Gasteiger partial charge is 0.481 e. The van der Waals surface area contributed by atoms with Gasteiger partial charge >= 0.3 is 5.97 Å². The summed E-state index contributed by atoms with van der Waals surface area (Å²) in [5.74, 6) is -2.62. The van der Waals surface area contributed by atoms with Gasteiger partial charge in [-0.15, -0.1) is 0 Å². The first-order valence-electron chi connectivity index (χ1n) is 8.87. The number of amides is 2. The van der Waals surface area contributed by atoms with E-state index in [0.717, 1.165) is 0 Å². The number of likely N-dealkylation sites (tertiary alicyclic amines) is 1. The van der Waals surface area contributed by atoms with Crippen molar-refractivity contribution in [2.45, 2.75) is 39.2 Å². The van der Waals surface area contributed by atoms with Gasteiger partial charge in [0.25, 0.3) is 0 Å². The number of hydrogen-bond acceptors (Lipinski definition) is 3. The van der Waals surface area contributed by atoms with Gasteiger partial charge in [0.2, 0.25) is 11.8 Å². The number of halogens is 1. The number of aliphatic carboxylic acids is 1. The summed E-state index contributed by atoms with van der Waals surface area (Å²) in [5, 5.41) is 9.24. The van der Waals surface area contributed by atoms with Crippen LogP contribution in [0.1, 0.15) is 31.7 Å². The van der Waals surface area contributed by atoms with Crippen molar-refractivity contribution in [3.8, 4) is 0 Å². The number of carbonyl (C=O) groups excluding carboxylic acids is 2. The van der Waals surface area contributed by atoms with Crippen molar-refractivity contribution in [2.24, 2.45) is 11.8 Å². The Kier molecular flexibility index (Phi) is 4.98. The highest BCUT2D eigenvalue weighted by molar-refractivity contribution is 6.00. The van der Waals surface area contributed by atoms with E-state index < -0.39 is 17.8 Å². The molecule has 3 unspecified atom stereocenters. The number of carbonyl (C=O) groups is 3. The van der Waals surface area contributed by atoms with E-state index in [2.05, 4.69) is 0 Å². The maximum Gasteiger partial charge on any atom is 0.308 e. The smallest absolute Gasteiger partial charge is 0.308 e. The van der Waals surface area contributed by atoms with Gasteiger partial charge in [0.1, 0.15) is 5.82 Å². The van der Waals surface area contributed by atoms with Crippen LogP contribution in [0.15, 0.2) is 18.2 Å². The highest BCUT2D eigenvalue weighted by atomic mass is 19.1. The maximum atomic E-state index is 13.5. The number of nitrogens with zero attached hydrogens (tertiary/aromatic N) is 2. The van der Waals surface area contributed by atoms with Gasteiger partial charge in [-0.2, -0.15) is 0 Å². The van der Waals surface area contributed by atoms with Crippen LogP contribution in [0.2, 0.25) is 0 Å². The molecule has 7 heteroatoms. The van der Waals surface area contributed by atoms with Crippen LogP contribution in [0.5, 0.6) is 0 Å². The molecule has 3 rings (SSSR count). The highest BCUT2D eigenvalue weighted by Crippen LogP contribution is 2.30. The van der Waals surface area contributed by atoms with Crippen molar-refractivity contribution in [1.82, 2.24) is 4.90 Å². The molecule has 1 aromatic carbocycles. The van der Waals surface area contributed by atoms with Crippen LogP contribution in [0.25, 0.3) is 0 Å². The van der Waals surface area contributed by atoms with Crippen LogP contribution >= 0.6 is 0 Å². The molecule has 0 aliphatic carbocycles. The summed E-state index contributed by atoms with van der Waals surface area (Å²) < 4.78 is 13.5. The fourth-order valence-electron chi connectivity index (χ4n) is 3.77. The van der Waals surface area contributed by atoms with Gasteiger partial charge in [-0.05, 0) is 50.5 Å². The Morgan fingerprint density at radius 2 is 1.92 bits per heavy atom.